The van der Waals surface area contributed by atoms with Gasteiger partial charge in [0.05, 0.1) is 11.3 Å². The maximum absolute atomic E-state index is 9.81. The third-order valence-corrected chi connectivity index (χ3v) is 3.01. The lowest BCUT2D eigenvalue weighted by Gasteiger charge is -2.04. The zero-order valence-electron chi connectivity index (χ0n) is 11.3. The molecule has 0 unspecified atom stereocenters. The number of hydrogen-bond donors (Lipinski definition) is 2. The number of ether oxygens (including phenoxy) is 1. The molecule has 2 N–H and O–H groups in total. The van der Waals surface area contributed by atoms with E-state index in [0.29, 0.717) is 22.9 Å². The fourth-order valence-corrected chi connectivity index (χ4v) is 1.92. The van der Waals surface area contributed by atoms with Gasteiger partial charge in [0.1, 0.15) is 5.75 Å². The summed E-state index contributed by atoms with van der Waals surface area (Å²) in [5, 5.41) is 27.3. The Kier molecular flexibility index (Phi) is 3.19. The second-order valence-electron chi connectivity index (χ2n) is 4.50. The van der Waals surface area contributed by atoms with Crippen LogP contribution in [0.4, 0.5) is 0 Å². The minimum absolute atomic E-state index is 0.212. The van der Waals surface area contributed by atoms with Gasteiger partial charge in [0.15, 0.2) is 5.75 Å². The van der Waals surface area contributed by atoms with Gasteiger partial charge in [-0.05, 0) is 18.2 Å². The largest absolute Gasteiger partial charge is 0.503 e. The third kappa shape index (κ3) is 2.51. The highest BCUT2D eigenvalue weighted by Crippen LogP contribution is 2.36. The first kappa shape index (κ1) is 13.0. The van der Waals surface area contributed by atoms with E-state index in [-0.39, 0.29) is 11.6 Å². The van der Waals surface area contributed by atoms with Crippen LogP contribution in [0.3, 0.4) is 0 Å². The van der Waals surface area contributed by atoms with Crippen LogP contribution in [-0.2, 0) is 7.05 Å². The molecule has 0 aliphatic carbocycles. The van der Waals surface area contributed by atoms with Gasteiger partial charge < -0.3 is 19.5 Å². The highest BCUT2D eigenvalue weighted by molar-refractivity contribution is 5.69. The van der Waals surface area contributed by atoms with Crippen LogP contribution in [0.2, 0.25) is 0 Å². The molecule has 1 aromatic carbocycles. The molecular formula is C15H13N3O3. The van der Waals surface area contributed by atoms with E-state index in [9.17, 15) is 10.2 Å². The van der Waals surface area contributed by atoms with Gasteiger partial charge in [-0.15, -0.1) is 10.2 Å². The van der Waals surface area contributed by atoms with Gasteiger partial charge in [0.25, 0.3) is 0 Å². The van der Waals surface area contributed by atoms with E-state index in [1.165, 1.54) is 4.57 Å². The molecular weight excluding hydrogens is 270 g/mol. The summed E-state index contributed by atoms with van der Waals surface area (Å²) in [5.74, 6) is 0.587. The molecule has 6 nitrogen and oxygen atoms in total. The number of nitrogens with zero attached hydrogens (tertiary/aromatic N) is 3. The van der Waals surface area contributed by atoms with Crippen molar-refractivity contribution in [2.75, 3.05) is 0 Å². The molecule has 3 aromatic rings. The molecule has 0 radical (unpaired) electrons. The van der Waals surface area contributed by atoms with Crippen molar-refractivity contribution >= 4 is 0 Å². The fraction of sp³-hybridized carbons (Fsp3) is 0.0667. The molecule has 0 amide bonds. The van der Waals surface area contributed by atoms with Crippen molar-refractivity contribution in [1.82, 2.24) is 14.8 Å². The monoisotopic (exact) mass is 283 g/mol. The van der Waals surface area contributed by atoms with E-state index >= 15 is 0 Å². The number of aromatic hydroxyl groups is 2. The van der Waals surface area contributed by atoms with Gasteiger partial charge in [-0.1, -0.05) is 18.2 Å². The Morgan fingerprint density at radius 3 is 2.33 bits per heavy atom. The summed E-state index contributed by atoms with van der Waals surface area (Å²) in [6.07, 6.45) is 1.58. The first-order valence-electron chi connectivity index (χ1n) is 6.29. The van der Waals surface area contributed by atoms with Crippen molar-refractivity contribution < 1.29 is 14.9 Å². The van der Waals surface area contributed by atoms with E-state index in [1.54, 1.807) is 25.4 Å². The van der Waals surface area contributed by atoms with Crippen LogP contribution in [0.1, 0.15) is 0 Å². The van der Waals surface area contributed by atoms with Crippen molar-refractivity contribution in [3.05, 3.63) is 48.7 Å². The molecule has 6 heteroatoms. The summed E-state index contributed by atoms with van der Waals surface area (Å²) in [6, 6.07) is 12.6. The molecule has 106 valence electrons. The maximum Gasteiger partial charge on any atom is 0.238 e. The summed E-state index contributed by atoms with van der Waals surface area (Å²) >= 11 is 0. The summed E-state index contributed by atoms with van der Waals surface area (Å²) in [6.45, 7) is 0. The van der Waals surface area contributed by atoms with Crippen molar-refractivity contribution in [1.29, 1.82) is 0 Å². The van der Waals surface area contributed by atoms with Crippen LogP contribution < -0.4 is 4.74 Å². The van der Waals surface area contributed by atoms with Gasteiger partial charge in [-0.25, -0.2) is 0 Å². The minimum Gasteiger partial charge on any atom is -0.503 e. The van der Waals surface area contributed by atoms with Crippen LogP contribution in [0.25, 0.3) is 11.3 Å². The zero-order chi connectivity index (χ0) is 14.8. The zero-order valence-corrected chi connectivity index (χ0v) is 11.3. The van der Waals surface area contributed by atoms with Gasteiger partial charge in [-0.3, -0.25) is 0 Å². The predicted molar refractivity (Wildman–Crippen MR) is 76.3 cm³/mol. The van der Waals surface area contributed by atoms with Crippen LogP contribution in [0, 0.1) is 0 Å². The third-order valence-electron chi connectivity index (χ3n) is 3.01. The average molecular weight is 283 g/mol. The summed E-state index contributed by atoms with van der Waals surface area (Å²) in [4.78, 5) is 0. The van der Waals surface area contributed by atoms with Gasteiger partial charge >= 0.3 is 0 Å². The number of para-hydroxylation sites is 1. The number of hydrogen-bond acceptors (Lipinski definition) is 5. The summed E-state index contributed by atoms with van der Waals surface area (Å²) in [5.41, 5.74) is 0.859. The van der Waals surface area contributed by atoms with E-state index in [4.69, 9.17) is 4.74 Å². The lowest BCUT2D eigenvalue weighted by Crippen LogP contribution is -1.92. The van der Waals surface area contributed by atoms with Gasteiger partial charge in [0, 0.05) is 19.3 Å². The highest BCUT2D eigenvalue weighted by atomic mass is 16.5. The SMILES string of the molecule is Cn1cc(-c2ccc(Oc3ccccc3)nn2)c(O)c1O. The molecule has 0 fully saturated rings. The lowest BCUT2D eigenvalue weighted by molar-refractivity contribution is 0.381. The second kappa shape index (κ2) is 5.16. The number of benzene rings is 1. The molecule has 0 atom stereocenters. The maximum atomic E-state index is 9.81. The Labute approximate surface area is 120 Å². The number of aromatic nitrogens is 3. The number of rotatable bonds is 3. The first-order valence-corrected chi connectivity index (χ1v) is 6.29. The quantitative estimate of drug-likeness (QED) is 0.772. The van der Waals surface area contributed by atoms with Crippen molar-refractivity contribution in [2.45, 2.75) is 0 Å². The van der Waals surface area contributed by atoms with E-state index in [0.717, 1.165) is 0 Å². The molecule has 3 rings (SSSR count). The van der Waals surface area contributed by atoms with Crippen LogP contribution in [-0.4, -0.2) is 25.0 Å². The molecule has 2 aromatic heterocycles. The van der Waals surface area contributed by atoms with Gasteiger partial charge in [-0.2, -0.15) is 0 Å². The minimum atomic E-state index is -0.219. The molecule has 2 heterocycles. The summed E-state index contributed by atoms with van der Waals surface area (Å²) < 4.78 is 6.94. The molecule has 0 spiro atoms. The molecule has 0 bridgehead atoms. The van der Waals surface area contributed by atoms with Crippen LogP contribution >= 0.6 is 0 Å². The second-order valence-corrected chi connectivity index (χ2v) is 4.50. The highest BCUT2D eigenvalue weighted by Gasteiger charge is 2.15. The Morgan fingerprint density at radius 1 is 1.00 bits per heavy atom. The molecule has 0 saturated heterocycles. The van der Waals surface area contributed by atoms with Crippen molar-refractivity contribution in [3.8, 4) is 34.5 Å². The molecule has 0 saturated carbocycles. The smallest absolute Gasteiger partial charge is 0.238 e. The Hall–Kier alpha value is -3.02. The van der Waals surface area contributed by atoms with Crippen molar-refractivity contribution in [3.63, 3.8) is 0 Å². The Morgan fingerprint density at radius 2 is 1.76 bits per heavy atom. The van der Waals surface area contributed by atoms with Crippen molar-refractivity contribution in [2.24, 2.45) is 7.05 Å². The summed E-state index contributed by atoms with van der Waals surface area (Å²) in [7, 11) is 1.62. The molecule has 21 heavy (non-hydrogen) atoms. The molecule has 0 aliphatic rings. The average Bonchev–Trinajstić information content (AvgIpc) is 2.77. The van der Waals surface area contributed by atoms with E-state index in [1.807, 2.05) is 30.3 Å². The lowest BCUT2D eigenvalue weighted by atomic mass is 10.2. The standard InChI is InChI=1S/C15H13N3O3/c1-18-9-11(14(19)15(18)20)12-7-8-13(17-16-12)21-10-5-3-2-4-6-10/h2-9,19-20H,1H3. The van der Waals surface area contributed by atoms with E-state index < -0.39 is 0 Å². The fourth-order valence-electron chi connectivity index (χ4n) is 1.92. The van der Waals surface area contributed by atoms with Crippen LogP contribution in [0.15, 0.2) is 48.7 Å². The van der Waals surface area contributed by atoms with E-state index in [2.05, 4.69) is 10.2 Å². The topological polar surface area (TPSA) is 80.4 Å². The molecule has 0 aliphatic heterocycles. The number of aryl methyl sites for hydroxylation is 1. The van der Waals surface area contributed by atoms with Gasteiger partial charge in [0.2, 0.25) is 11.8 Å². The van der Waals surface area contributed by atoms with Crippen LogP contribution in [0.5, 0.6) is 23.3 Å². The predicted octanol–water partition coefficient (Wildman–Crippen LogP) is 2.69. The Balaban J connectivity index is 1.85. The first-order chi connectivity index (χ1) is 10.1. The normalized spacial score (nSPS) is 10.5. The Bertz CT molecular complexity index is 752.